The molecule has 0 saturated heterocycles. The van der Waals surface area contributed by atoms with E-state index in [0.717, 1.165) is 12.0 Å². The highest BCUT2D eigenvalue weighted by atomic mass is 35.5. The van der Waals surface area contributed by atoms with E-state index in [1.807, 2.05) is 0 Å². The van der Waals surface area contributed by atoms with Crippen molar-refractivity contribution in [2.75, 3.05) is 0 Å². The van der Waals surface area contributed by atoms with E-state index in [0.29, 0.717) is 23.4 Å². The Morgan fingerprint density at radius 3 is 2.68 bits per heavy atom. The molecule has 1 aromatic rings. The number of hydrogen-bond acceptors (Lipinski definition) is 0. The number of benzene rings is 1. The zero-order valence-corrected chi connectivity index (χ0v) is 11.5. The maximum atomic E-state index is 13.7. The summed E-state index contributed by atoms with van der Waals surface area (Å²) in [5, 5.41) is 0.417. The van der Waals surface area contributed by atoms with Gasteiger partial charge in [-0.2, -0.15) is 0 Å². The molecule has 0 amide bonds. The van der Waals surface area contributed by atoms with Crippen LogP contribution in [0.15, 0.2) is 12.1 Å². The first-order valence-electron chi connectivity index (χ1n) is 6.74. The van der Waals surface area contributed by atoms with Gasteiger partial charge in [0, 0.05) is 22.9 Å². The minimum Gasteiger partial charge on any atom is -0.207 e. The van der Waals surface area contributed by atoms with Gasteiger partial charge in [-0.15, -0.1) is 0 Å². The predicted molar refractivity (Wildman–Crippen MR) is 69.3 cm³/mol. The Labute approximate surface area is 116 Å². The Hall–Kier alpha value is -0.700. The minimum atomic E-state index is -2.53. The largest absolute Gasteiger partial charge is 0.251 e. The lowest BCUT2D eigenvalue weighted by Crippen LogP contribution is -2.22. The van der Waals surface area contributed by atoms with Crippen LogP contribution in [0.3, 0.4) is 0 Å². The Bertz CT molecular complexity index is 512. The zero-order valence-electron chi connectivity index (χ0n) is 10.7. The van der Waals surface area contributed by atoms with Crippen molar-refractivity contribution in [3.63, 3.8) is 0 Å². The fourth-order valence-corrected chi connectivity index (χ4v) is 4.19. The first-order chi connectivity index (χ1) is 8.92. The Morgan fingerprint density at radius 2 is 1.95 bits per heavy atom. The van der Waals surface area contributed by atoms with Crippen LogP contribution in [-0.4, -0.2) is 5.92 Å². The van der Waals surface area contributed by atoms with Crippen LogP contribution in [0.5, 0.6) is 0 Å². The highest BCUT2D eigenvalue weighted by Gasteiger charge is 2.55. The van der Waals surface area contributed by atoms with Crippen molar-refractivity contribution in [3.05, 3.63) is 34.1 Å². The van der Waals surface area contributed by atoms with Crippen LogP contribution in [0.1, 0.15) is 42.7 Å². The molecule has 1 aromatic carbocycles. The lowest BCUT2D eigenvalue weighted by Gasteiger charge is -2.22. The number of fused-ring (bicyclic) bond motifs is 1. The van der Waals surface area contributed by atoms with Gasteiger partial charge in [0.2, 0.25) is 0 Å². The third kappa shape index (κ3) is 1.97. The fourth-order valence-electron chi connectivity index (χ4n) is 3.89. The summed E-state index contributed by atoms with van der Waals surface area (Å²) in [4.78, 5) is 0. The number of rotatable bonds is 1. The fraction of sp³-hybridized carbons (Fsp3) is 0.600. The molecule has 2 aliphatic rings. The van der Waals surface area contributed by atoms with Gasteiger partial charge in [0.15, 0.2) is 0 Å². The number of hydrogen-bond donors (Lipinski definition) is 0. The molecule has 0 nitrogen and oxygen atoms in total. The molecule has 2 saturated carbocycles. The molecule has 0 radical (unpaired) electrons. The lowest BCUT2D eigenvalue weighted by atomic mass is 9.85. The quantitative estimate of drug-likeness (QED) is 0.655. The highest BCUT2D eigenvalue weighted by Crippen LogP contribution is 2.58. The first kappa shape index (κ1) is 13.3. The van der Waals surface area contributed by atoms with E-state index < -0.39 is 11.8 Å². The van der Waals surface area contributed by atoms with Gasteiger partial charge in [-0.25, -0.2) is 13.2 Å². The van der Waals surface area contributed by atoms with E-state index in [9.17, 15) is 13.2 Å². The molecule has 19 heavy (non-hydrogen) atoms. The zero-order chi connectivity index (χ0) is 13.8. The van der Waals surface area contributed by atoms with E-state index in [1.54, 1.807) is 13.0 Å². The second-order valence-electron chi connectivity index (χ2n) is 5.83. The van der Waals surface area contributed by atoms with E-state index in [-0.39, 0.29) is 24.1 Å². The molecule has 104 valence electrons. The van der Waals surface area contributed by atoms with Gasteiger partial charge < -0.3 is 0 Å². The smallest absolute Gasteiger partial charge is 0.207 e. The normalized spacial score (nSPS) is 32.6. The molecule has 0 bridgehead atoms. The third-order valence-corrected chi connectivity index (χ3v) is 5.43. The second-order valence-corrected chi connectivity index (χ2v) is 6.21. The summed E-state index contributed by atoms with van der Waals surface area (Å²) in [5.41, 5.74) is 1.28. The van der Waals surface area contributed by atoms with Gasteiger partial charge in [0.25, 0.3) is 5.92 Å². The van der Waals surface area contributed by atoms with Crippen LogP contribution in [0, 0.1) is 24.6 Å². The molecule has 2 aliphatic carbocycles. The maximum Gasteiger partial charge on any atom is 0.251 e. The molecule has 0 aliphatic heterocycles. The minimum absolute atomic E-state index is 0.00244. The molecule has 1 unspecified atom stereocenters. The molecule has 0 heterocycles. The molecule has 4 heteroatoms. The van der Waals surface area contributed by atoms with E-state index in [2.05, 4.69) is 0 Å². The summed E-state index contributed by atoms with van der Waals surface area (Å²) in [5.74, 6) is -3.32. The summed E-state index contributed by atoms with van der Waals surface area (Å²) < 4.78 is 40.9. The molecule has 3 atom stereocenters. The van der Waals surface area contributed by atoms with Gasteiger partial charge in [-0.05, 0) is 49.7 Å². The van der Waals surface area contributed by atoms with Gasteiger partial charge in [0.05, 0.1) is 0 Å². The SMILES string of the molecule is Cc1c(F)ccc(C2CC[C@H]3[C@@H]2CCC3(F)F)c1Cl. The Kier molecular flexibility index (Phi) is 3.08. The van der Waals surface area contributed by atoms with Crippen LogP contribution in [0.2, 0.25) is 5.02 Å². The monoisotopic (exact) mass is 288 g/mol. The molecule has 2 fully saturated rings. The van der Waals surface area contributed by atoms with Crippen molar-refractivity contribution in [3.8, 4) is 0 Å². The van der Waals surface area contributed by atoms with E-state index >= 15 is 0 Å². The van der Waals surface area contributed by atoms with Crippen LogP contribution in [-0.2, 0) is 0 Å². The van der Waals surface area contributed by atoms with Crippen molar-refractivity contribution >= 4 is 11.6 Å². The van der Waals surface area contributed by atoms with E-state index in [1.165, 1.54) is 6.07 Å². The van der Waals surface area contributed by atoms with Crippen LogP contribution < -0.4 is 0 Å². The Balaban J connectivity index is 1.95. The maximum absolute atomic E-state index is 13.7. The first-order valence-corrected chi connectivity index (χ1v) is 7.12. The van der Waals surface area contributed by atoms with Crippen molar-refractivity contribution in [2.45, 2.75) is 44.4 Å². The van der Waals surface area contributed by atoms with Crippen molar-refractivity contribution in [1.29, 1.82) is 0 Å². The predicted octanol–water partition coefficient (Wildman–Crippen LogP) is 5.33. The van der Waals surface area contributed by atoms with Gasteiger partial charge in [-0.1, -0.05) is 17.7 Å². The van der Waals surface area contributed by atoms with Crippen LogP contribution >= 0.6 is 11.6 Å². The summed E-state index contributed by atoms with van der Waals surface area (Å²) >= 11 is 6.21. The van der Waals surface area contributed by atoms with Crippen molar-refractivity contribution in [1.82, 2.24) is 0 Å². The topological polar surface area (TPSA) is 0 Å². The van der Waals surface area contributed by atoms with E-state index in [4.69, 9.17) is 11.6 Å². The lowest BCUT2D eigenvalue weighted by molar-refractivity contribution is -0.0409. The number of alkyl halides is 2. The molecule has 0 spiro atoms. The van der Waals surface area contributed by atoms with Gasteiger partial charge >= 0.3 is 0 Å². The summed E-state index contributed by atoms with van der Waals surface area (Å²) in [6, 6.07) is 3.07. The number of halogens is 4. The van der Waals surface area contributed by atoms with Gasteiger partial charge in [0.1, 0.15) is 5.82 Å². The molecular formula is C15H16ClF3. The highest BCUT2D eigenvalue weighted by molar-refractivity contribution is 6.32. The summed E-state index contributed by atoms with van der Waals surface area (Å²) in [6.45, 7) is 1.64. The molecule has 0 aromatic heterocycles. The van der Waals surface area contributed by atoms with Crippen LogP contribution in [0.25, 0.3) is 0 Å². The van der Waals surface area contributed by atoms with Crippen LogP contribution in [0.4, 0.5) is 13.2 Å². The third-order valence-electron chi connectivity index (χ3n) is 4.93. The average molecular weight is 289 g/mol. The average Bonchev–Trinajstić information content (AvgIpc) is 2.89. The standard InChI is InChI=1S/C15H16ClF3/c1-8-13(17)5-3-11(14(8)16)9-2-4-12-10(9)6-7-15(12,18)19/h3,5,9-10,12H,2,4,6-7H2,1H3/t9?,10-,12+/m1/s1. The molecule has 3 rings (SSSR count). The van der Waals surface area contributed by atoms with Gasteiger partial charge in [-0.3, -0.25) is 0 Å². The molecule has 0 N–H and O–H groups in total. The molecular weight excluding hydrogens is 273 g/mol. The Morgan fingerprint density at radius 1 is 1.21 bits per heavy atom. The summed E-state index contributed by atoms with van der Waals surface area (Å²) in [6.07, 6.45) is 1.82. The van der Waals surface area contributed by atoms with Crippen molar-refractivity contribution < 1.29 is 13.2 Å². The van der Waals surface area contributed by atoms with Crippen molar-refractivity contribution in [2.24, 2.45) is 11.8 Å². The summed E-state index contributed by atoms with van der Waals surface area (Å²) in [7, 11) is 0. The second kappa shape index (κ2) is 4.41.